The summed E-state index contributed by atoms with van der Waals surface area (Å²) in [5, 5.41) is 0.619. The lowest BCUT2D eigenvalue weighted by Crippen LogP contribution is -2.44. The van der Waals surface area contributed by atoms with Crippen LogP contribution in [0.25, 0.3) is 11.1 Å². The second-order valence-corrected chi connectivity index (χ2v) is 9.43. The first-order chi connectivity index (χ1) is 15.2. The van der Waals surface area contributed by atoms with E-state index >= 15 is 0 Å². The molecule has 2 N–H and O–H groups in total. The molecule has 1 atom stereocenters. The first kappa shape index (κ1) is 20.1. The maximum absolute atomic E-state index is 13.2. The summed E-state index contributed by atoms with van der Waals surface area (Å²) < 4.78 is 5.95. The Bertz CT molecular complexity index is 1060. The molecular weight excluding hydrogens is 406 g/mol. The number of benzene rings is 2. The summed E-state index contributed by atoms with van der Waals surface area (Å²) in [6.45, 7) is 3.16. The van der Waals surface area contributed by atoms with Crippen LogP contribution in [0.1, 0.15) is 47.4 Å². The fourth-order valence-electron chi connectivity index (χ4n) is 4.98. The van der Waals surface area contributed by atoms with Crippen molar-refractivity contribution in [2.75, 3.05) is 18.9 Å². The molecule has 1 amide bonds. The molecule has 1 unspecified atom stereocenters. The van der Waals surface area contributed by atoms with Gasteiger partial charge in [-0.2, -0.15) is 0 Å². The van der Waals surface area contributed by atoms with E-state index in [2.05, 4.69) is 60.4 Å². The van der Waals surface area contributed by atoms with Crippen molar-refractivity contribution in [1.82, 2.24) is 9.88 Å². The molecule has 0 fully saturated rings. The molecule has 2 aliphatic carbocycles. The fourth-order valence-corrected chi connectivity index (χ4v) is 5.93. The fraction of sp³-hybridized carbons (Fsp3) is 0.360. The highest BCUT2D eigenvalue weighted by Gasteiger charge is 2.33. The molecule has 0 saturated carbocycles. The molecule has 0 spiro atoms. The van der Waals surface area contributed by atoms with Gasteiger partial charge < -0.3 is 15.4 Å². The Hall–Kier alpha value is -2.86. The second-order valence-electron chi connectivity index (χ2n) is 8.32. The third-order valence-corrected chi connectivity index (χ3v) is 7.36. The van der Waals surface area contributed by atoms with Crippen LogP contribution in [0.5, 0.6) is 0 Å². The average Bonchev–Trinajstić information content (AvgIpc) is 3.32. The van der Waals surface area contributed by atoms with Gasteiger partial charge in [0, 0.05) is 29.8 Å². The number of ether oxygens (including phenoxy) is 1. The van der Waals surface area contributed by atoms with E-state index in [1.807, 2.05) is 4.90 Å². The van der Waals surface area contributed by atoms with Crippen molar-refractivity contribution >= 4 is 22.6 Å². The standard InChI is InChI=1S/C25H27N3O2S/c1-2-13-28(16-11-12-22-23(14-16)31-24(26)27-22)25(29)30-15-21-19-9-5-3-7-17(19)18-8-4-6-10-20(18)21/h3-10,16,21H,2,11-15H2,1H3,(H2,26,27). The van der Waals surface area contributed by atoms with Crippen molar-refractivity contribution in [2.24, 2.45) is 0 Å². The van der Waals surface area contributed by atoms with Gasteiger partial charge in [0.25, 0.3) is 0 Å². The quantitative estimate of drug-likeness (QED) is 0.597. The van der Waals surface area contributed by atoms with Gasteiger partial charge in [0.15, 0.2) is 5.13 Å². The van der Waals surface area contributed by atoms with Gasteiger partial charge in [-0.05, 0) is 41.5 Å². The lowest BCUT2D eigenvalue weighted by molar-refractivity contribution is 0.0805. The van der Waals surface area contributed by atoms with Crippen molar-refractivity contribution in [2.45, 2.75) is 44.6 Å². The van der Waals surface area contributed by atoms with E-state index in [1.54, 1.807) is 11.3 Å². The van der Waals surface area contributed by atoms with Gasteiger partial charge in [-0.1, -0.05) is 55.5 Å². The summed E-state index contributed by atoms with van der Waals surface area (Å²) in [4.78, 5) is 20.8. The van der Waals surface area contributed by atoms with Crippen molar-refractivity contribution in [3.8, 4) is 11.1 Å². The third-order valence-electron chi connectivity index (χ3n) is 6.41. The average molecular weight is 434 g/mol. The van der Waals surface area contributed by atoms with Crippen LogP contribution < -0.4 is 5.73 Å². The number of rotatable bonds is 5. The Kier molecular flexibility index (Phi) is 5.40. The third kappa shape index (κ3) is 3.69. The predicted molar refractivity (Wildman–Crippen MR) is 124 cm³/mol. The van der Waals surface area contributed by atoms with Gasteiger partial charge in [-0.15, -0.1) is 11.3 Å². The Morgan fingerprint density at radius 1 is 1.16 bits per heavy atom. The molecule has 5 nitrogen and oxygen atoms in total. The summed E-state index contributed by atoms with van der Waals surface area (Å²) >= 11 is 1.55. The molecule has 31 heavy (non-hydrogen) atoms. The number of anilines is 1. The highest BCUT2D eigenvalue weighted by molar-refractivity contribution is 7.15. The number of thiazole rings is 1. The maximum Gasteiger partial charge on any atom is 0.410 e. The summed E-state index contributed by atoms with van der Waals surface area (Å²) in [7, 11) is 0. The molecule has 0 bridgehead atoms. The number of aromatic nitrogens is 1. The molecule has 2 aliphatic rings. The molecule has 0 aliphatic heterocycles. The van der Waals surface area contributed by atoms with Gasteiger partial charge in [-0.3, -0.25) is 0 Å². The number of fused-ring (bicyclic) bond motifs is 4. The molecule has 3 aromatic rings. The first-order valence-corrected chi connectivity index (χ1v) is 11.8. The Balaban J connectivity index is 1.32. The smallest absolute Gasteiger partial charge is 0.410 e. The van der Waals surface area contributed by atoms with Crippen LogP contribution in [0.3, 0.4) is 0 Å². The number of nitrogens with two attached hydrogens (primary N) is 1. The molecule has 160 valence electrons. The highest BCUT2D eigenvalue weighted by Crippen LogP contribution is 2.44. The van der Waals surface area contributed by atoms with Gasteiger partial charge in [0.1, 0.15) is 6.61 Å². The summed E-state index contributed by atoms with van der Waals surface area (Å²) in [6.07, 6.45) is 3.27. The van der Waals surface area contributed by atoms with E-state index in [4.69, 9.17) is 10.5 Å². The number of aryl methyl sites for hydroxylation is 1. The van der Waals surface area contributed by atoms with E-state index in [0.29, 0.717) is 18.3 Å². The van der Waals surface area contributed by atoms with Crippen LogP contribution in [-0.4, -0.2) is 35.2 Å². The van der Waals surface area contributed by atoms with Crippen molar-refractivity contribution in [3.05, 3.63) is 70.2 Å². The van der Waals surface area contributed by atoms with Gasteiger partial charge in [0.2, 0.25) is 0 Å². The topological polar surface area (TPSA) is 68.5 Å². The van der Waals surface area contributed by atoms with Crippen molar-refractivity contribution < 1.29 is 9.53 Å². The van der Waals surface area contributed by atoms with E-state index in [1.165, 1.54) is 27.1 Å². The van der Waals surface area contributed by atoms with E-state index < -0.39 is 0 Å². The van der Waals surface area contributed by atoms with Crippen LogP contribution in [0.2, 0.25) is 0 Å². The summed E-state index contributed by atoms with van der Waals surface area (Å²) in [5.41, 5.74) is 12.0. The van der Waals surface area contributed by atoms with Crippen molar-refractivity contribution in [1.29, 1.82) is 0 Å². The highest BCUT2D eigenvalue weighted by atomic mass is 32.1. The Labute approximate surface area is 186 Å². The molecule has 1 aromatic heterocycles. The first-order valence-electron chi connectivity index (χ1n) is 11.0. The lowest BCUT2D eigenvalue weighted by Gasteiger charge is -2.33. The number of carbonyl (C=O) groups excluding carboxylic acids is 1. The van der Waals surface area contributed by atoms with Crippen LogP contribution in [-0.2, 0) is 17.6 Å². The van der Waals surface area contributed by atoms with Crippen LogP contribution >= 0.6 is 11.3 Å². The SMILES string of the molecule is CCCN(C(=O)OCC1c2ccccc2-c2ccccc21)C1CCc2nc(N)sc2C1. The summed E-state index contributed by atoms with van der Waals surface area (Å²) in [6, 6.07) is 17.0. The predicted octanol–water partition coefficient (Wildman–Crippen LogP) is 5.24. The molecule has 1 heterocycles. The normalized spacial score (nSPS) is 17.0. The van der Waals surface area contributed by atoms with Crippen LogP contribution in [0.15, 0.2) is 48.5 Å². The Morgan fingerprint density at radius 3 is 2.52 bits per heavy atom. The Morgan fingerprint density at radius 2 is 1.84 bits per heavy atom. The van der Waals surface area contributed by atoms with Crippen molar-refractivity contribution in [3.63, 3.8) is 0 Å². The molecule has 2 aromatic carbocycles. The minimum Gasteiger partial charge on any atom is -0.448 e. The molecule has 0 saturated heterocycles. The van der Waals surface area contributed by atoms with Crippen LogP contribution in [0.4, 0.5) is 9.93 Å². The molecule has 6 heteroatoms. The van der Waals surface area contributed by atoms with E-state index in [-0.39, 0.29) is 18.1 Å². The van der Waals surface area contributed by atoms with Crippen LogP contribution in [0, 0.1) is 0 Å². The monoisotopic (exact) mass is 433 g/mol. The minimum absolute atomic E-state index is 0.0825. The lowest BCUT2D eigenvalue weighted by atomic mass is 9.96. The number of nitrogens with zero attached hydrogens (tertiary/aromatic N) is 2. The van der Waals surface area contributed by atoms with E-state index in [9.17, 15) is 4.79 Å². The second kappa shape index (κ2) is 8.35. The largest absolute Gasteiger partial charge is 0.448 e. The number of hydrogen-bond donors (Lipinski definition) is 1. The zero-order valence-corrected chi connectivity index (χ0v) is 18.5. The zero-order chi connectivity index (χ0) is 21.4. The number of carbonyl (C=O) groups is 1. The van der Waals surface area contributed by atoms with Gasteiger partial charge >= 0.3 is 6.09 Å². The molecular formula is C25H27N3O2S. The molecule has 5 rings (SSSR count). The number of amides is 1. The van der Waals surface area contributed by atoms with Gasteiger partial charge in [-0.25, -0.2) is 9.78 Å². The van der Waals surface area contributed by atoms with E-state index in [0.717, 1.165) is 31.4 Å². The minimum atomic E-state index is -0.213. The summed E-state index contributed by atoms with van der Waals surface area (Å²) in [5.74, 6) is 0.0825. The maximum atomic E-state index is 13.2. The zero-order valence-electron chi connectivity index (χ0n) is 17.7. The number of nitrogen functional groups attached to an aromatic ring is 1. The van der Waals surface area contributed by atoms with Gasteiger partial charge in [0.05, 0.1) is 5.69 Å². The number of hydrogen-bond acceptors (Lipinski definition) is 5. The molecule has 0 radical (unpaired) electrons.